The fraction of sp³-hybridized carbons (Fsp3) is 0.381. The molecule has 158 valence electrons. The number of pyridine rings is 1. The highest BCUT2D eigenvalue weighted by atomic mass is 79.9. The molecule has 30 heavy (non-hydrogen) atoms. The number of aromatic nitrogens is 3. The molecule has 1 amide bonds. The molecule has 1 atom stereocenters. The number of likely N-dealkylation sites (tertiary alicyclic amines) is 1. The number of hydrogen-bond donors (Lipinski definition) is 1. The number of amides is 1. The quantitative estimate of drug-likeness (QED) is 0.558. The van der Waals surface area contributed by atoms with Crippen LogP contribution in [0.15, 0.2) is 45.0 Å². The summed E-state index contributed by atoms with van der Waals surface area (Å²) in [6.45, 7) is 4.12. The number of imidazole rings is 1. The van der Waals surface area contributed by atoms with Crippen LogP contribution in [0.25, 0.3) is 11.0 Å². The highest BCUT2D eigenvalue weighted by Crippen LogP contribution is 2.38. The molecule has 1 aromatic carbocycles. The van der Waals surface area contributed by atoms with Crippen LogP contribution in [0, 0.1) is 5.92 Å². The summed E-state index contributed by atoms with van der Waals surface area (Å²) in [5, 5.41) is 0.861. The van der Waals surface area contributed by atoms with E-state index in [1.807, 2.05) is 29.2 Å². The fourth-order valence-electron chi connectivity index (χ4n) is 3.80. The van der Waals surface area contributed by atoms with Crippen molar-refractivity contribution < 1.29 is 9.53 Å². The predicted octanol–water partition coefficient (Wildman–Crippen LogP) is 4.19. The van der Waals surface area contributed by atoms with Crippen LogP contribution in [0.1, 0.15) is 19.8 Å². The zero-order valence-electron chi connectivity index (χ0n) is 17.0. The van der Waals surface area contributed by atoms with E-state index in [1.165, 1.54) is 0 Å². The van der Waals surface area contributed by atoms with Gasteiger partial charge in [0, 0.05) is 42.1 Å². The monoisotopic (exact) mass is 489 g/mol. The number of hydrogen-bond acceptors (Lipinski definition) is 6. The van der Waals surface area contributed by atoms with Gasteiger partial charge >= 0.3 is 0 Å². The lowest BCUT2D eigenvalue weighted by Crippen LogP contribution is -2.25. The largest absolute Gasteiger partial charge is 0.497 e. The molecule has 0 spiro atoms. The Morgan fingerprint density at radius 1 is 1.40 bits per heavy atom. The van der Waals surface area contributed by atoms with Gasteiger partial charge in [0.15, 0.2) is 11.0 Å². The van der Waals surface area contributed by atoms with E-state index in [4.69, 9.17) is 15.5 Å². The van der Waals surface area contributed by atoms with Crippen molar-refractivity contribution in [1.82, 2.24) is 19.4 Å². The highest BCUT2D eigenvalue weighted by Gasteiger charge is 2.25. The zero-order valence-corrected chi connectivity index (χ0v) is 19.4. The third-order valence-corrected chi connectivity index (χ3v) is 7.50. The van der Waals surface area contributed by atoms with Gasteiger partial charge in [0.05, 0.1) is 12.6 Å². The second-order valence-electron chi connectivity index (χ2n) is 7.42. The van der Waals surface area contributed by atoms with Crippen LogP contribution in [0.4, 0.5) is 5.82 Å². The lowest BCUT2D eigenvalue weighted by molar-refractivity contribution is -0.127. The lowest BCUT2D eigenvalue weighted by Gasteiger charge is -2.15. The molecule has 0 radical (unpaired) electrons. The van der Waals surface area contributed by atoms with Gasteiger partial charge in [0.25, 0.3) is 0 Å². The number of rotatable bonds is 6. The van der Waals surface area contributed by atoms with Crippen molar-refractivity contribution in [3.8, 4) is 5.75 Å². The number of benzene rings is 1. The Balaban J connectivity index is 1.63. The Labute approximate surface area is 188 Å². The van der Waals surface area contributed by atoms with Gasteiger partial charge in [-0.2, -0.15) is 0 Å². The number of nitrogens with two attached hydrogens (primary N) is 1. The summed E-state index contributed by atoms with van der Waals surface area (Å²) in [4.78, 5) is 23.6. The molecule has 9 heteroatoms. The maximum Gasteiger partial charge on any atom is 0.219 e. The molecular weight excluding hydrogens is 466 g/mol. The number of nitrogens with zero attached hydrogens (tertiary/aromatic N) is 4. The summed E-state index contributed by atoms with van der Waals surface area (Å²) in [7, 11) is 1.66. The molecule has 3 aromatic rings. The molecule has 2 N–H and O–H groups in total. The minimum Gasteiger partial charge on any atom is -0.497 e. The van der Waals surface area contributed by atoms with Gasteiger partial charge in [0.2, 0.25) is 5.91 Å². The molecule has 1 saturated heterocycles. The number of methoxy groups -OCH3 is 1. The third kappa shape index (κ3) is 4.27. The van der Waals surface area contributed by atoms with Gasteiger partial charge in [-0.05, 0) is 59.0 Å². The molecule has 0 aliphatic carbocycles. The molecule has 3 heterocycles. The van der Waals surface area contributed by atoms with Crippen molar-refractivity contribution in [2.24, 2.45) is 5.92 Å². The van der Waals surface area contributed by atoms with Crippen LogP contribution < -0.4 is 10.5 Å². The molecule has 0 bridgehead atoms. The summed E-state index contributed by atoms with van der Waals surface area (Å²) in [5.41, 5.74) is 7.80. The topological polar surface area (TPSA) is 86.3 Å². The fourth-order valence-corrected chi connectivity index (χ4v) is 5.26. The molecule has 1 aliphatic rings. The molecule has 0 saturated carbocycles. The van der Waals surface area contributed by atoms with Gasteiger partial charge in [-0.15, -0.1) is 0 Å². The Morgan fingerprint density at radius 2 is 2.23 bits per heavy atom. The van der Waals surface area contributed by atoms with Crippen LogP contribution >= 0.6 is 27.7 Å². The van der Waals surface area contributed by atoms with Crippen LogP contribution in [0.5, 0.6) is 5.75 Å². The van der Waals surface area contributed by atoms with Crippen LogP contribution in [-0.4, -0.2) is 45.5 Å². The SMILES string of the molecule is COc1ccc(Br)c(Sc2nc3c(N)nccc3n2CCC2CCN(C(C)=O)C2)c1. The first kappa shape index (κ1) is 21.0. The normalized spacial score (nSPS) is 16.4. The van der Waals surface area contributed by atoms with Gasteiger partial charge in [-0.25, -0.2) is 9.97 Å². The van der Waals surface area contributed by atoms with E-state index in [9.17, 15) is 4.79 Å². The minimum absolute atomic E-state index is 0.156. The maximum atomic E-state index is 11.7. The number of nitrogen functional groups attached to an aromatic ring is 1. The number of carbonyl (C=O) groups is 1. The van der Waals surface area contributed by atoms with Crippen molar-refractivity contribution in [2.75, 3.05) is 25.9 Å². The number of anilines is 1. The number of aryl methyl sites for hydroxylation is 1. The zero-order chi connectivity index (χ0) is 21.3. The van der Waals surface area contributed by atoms with E-state index < -0.39 is 0 Å². The first-order valence-electron chi connectivity index (χ1n) is 9.84. The Kier molecular flexibility index (Phi) is 6.19. The number of fused-ring (bicyclic) bond motifs is 1. The second kappa shape index (κ2) is 8.85. The molecule has 1 aliphatic heterocycles. The summed E-state index contributed by atoms with van der Waals surface area (Å²) in [6, 6.07) is 7.83. The van der Waals surface area contributed by atoms with Crippen molar-refractivity contribution in [2.45, 2.75) is 36.4 Å². The van der Waals surface area contributed by atoms with Crippen LogP contribution in [0.2, 0.25) is 0 Å². The van der Waals surface area contributed by atoms with Gasteiger partial charge < -0.3 is 19.9 Å². The van der Waals surface area contributed by atoms with E-state index in [-0.39, 0.29) is 5.91 Å². The summed E-state index contributed by atoms with van der Waals surface area (Å²) >= 11 is 5.19. The molecule has 1 unspecified atom stereocenters. The summed E-state index contributed by atoms with van der Waals surface area (Å²) < 4.78 is 8.56. The van der Waals surface area contributed by atoms with E-state index >= 15 is 0 Å². The van der Waals surface area contributed by atoms with Crippen LogP contribution in [-0.2, 0) is 11.3 Å². The molecule has 1 fully saturated rings. The van der Waals surface area contributed by atoms with E-state index in [0.29, 0.717) is 11.7 Å². The molecule has 2 aromatic heterocycles. The van der Waals surface area contributed by atoms with Crippen molar-refractivity contribution in [3.05, 3.63) is 34.9 Å². The summed E-state index contributed by atoms with van der Waals surface area (Å²) in [5.74, 6) is 1.87. The Bertz CT molecular complexity index is 1090. The van der Waals surface area contributed by atoms with E-state index in [2.05, 4.69) is 25.5 Å². The molecular formula is C21H24BrN5O2S. The van der Waals surface area contributed by atoms with Gasteiger partial charge in [0.1, 0.15) is 11.3 Å². The highest BCUT2D eigenvalue weighted by molar-refractivity contribution is 9.10. The van der Waals surface area contributed by atoms with Crippen LogP contribution in [0.3, 0.4) is 0 Å². The van der Waals surface area contributed by atoms with Crippen molar-refractivity contribution in [1.29, 1.82) is 0 Å². The maximum absolute atomic E-state index is 11.7. The first-order valence-corrected chi connectivity index (χ1v) is 11.4. The van der Waals surface area contributed by atoms with Gasteiger partial charge in [-0.1, -0.05) is 11.8 Å². The molecule has 7 nitrogen and oxygen atoms in total. The standard InChI is InChI=1S/C21H24BrN5O2S/c1-13(28)26-9-6-14(12-26)7-10-27-17-5-8-24-20(23)19(17)25-21(27)30-18-11-15(29-2)3-4-16(18)22/h3-5,8,11,14H,6-7,9-10,12H2,1-2H3,(H2,23,24). The Hall–Kier alpha value is -2.26. The number of ether oxygens (including phenoxy) is 1. The number of halogens is 1. The van der Waals surface area contributed by atoms with Crippen molar-refractivity contribution >= 4 is 50.5 Å². The van der Waals surface area contributed by atoms with E-state index in [0.717, 1.165) is 63.8 Å². The summed E-state index contributed by atoms with van der Waals surface area (Å²) in [6.07, 6.45) is 3.74. The average molecular weight is 490 g/mol. The molecule has 4 rings (SSSR count). The average Bonchev–Trinajstić information content (AvgIpc) is 3.34. The third-order valence-electron chi connectivity index (χ3n) is 5.49. The lowest BCUT2D eigenvalue weighted by atomic mass is 10.1. The smallest absolute Gasteiger partial charge is 0.219 e. The Morgan fingerprint density at radius 3 is 2.97 bits per heavy atom. The number of carbonyl (C=O) groups excluding carboxylic acids is 1. The first-order chi connectivity index (χ1) is 14.5. The van der Waals surface area contributed by atoms with Crippen molar-refractivity contribution in [3.63, 3.8) is 0 Å². The second-order valence-corrected chi connectivity index (χ2v) is 9.28. The minimum atomic E-state index is 0.156. The van der Waals surface area contributed by atoms with E-state index in [1.54, 1.807) is 32.0 Å². The van der Waals surface area contributed by atoms with Gasteiger partial charge in [-0.3, -0.25) is 4.79 Å². The predicted molar refractivity (Wildman–Crippen MR) is 122 cm³/mol.